The van der Waals surface area contributed by atoms with Crippen molar-refractivity contribution < 1.29 is 4.42 Å². The van der Waals surface area contributed by atoms with Crippen LogP contribution in [-0.2, 0) is 21.7 Å². The first-order valence-corrected chi connectivity index (χ1v) is 26.3. The maximum Gasteiger partial charge on any atom is 0.231 e. The molecule has 0 radical (unpaired) electrons. The molecule has 0 atom stereocenters. The zero-order valence-electron chi connectivity index (χ0n) is 45.2. The van der Waals surface area contributed by atoms with Crippen LogP contribution in [0.15, 0.2) is 168 Å². The normalized spacial score (nSPS) is 12.8. The third-order valence-electron chi connectivity index (χ3n) is 15.4. The van der Waals surface area contributed by atoms with E-state index in [9.17, 15) is 0 Å². The summed E-state index contributed by atoms with van der Waals surface area (Å²) in [7, 11) is 0. The predicted octanol–water partition coefficient (Wildman–Crippen LogP) is 19.3. The summed E-state index contributed by atoms with van der Waals surface area (Å²) < 4.78 is 12.2. The van der Waals surface area contributed by atoms with Gasteiger partial charge in [0, 0.05) is 49.0 Å². The van der Waals surface area contributed by atoms with E-state index >= 15 is 0 Å². The number of aromatic nitrogens is 4. The van der Waals surface area contributed by atoms with Crippen LogP contribution in [0.25, 0.3) is 116 Å². The smallest absolute Gasteiger partial charge is 0.231 e. The first-order chi connectivity index (χ1) is 35.7. The molecule has 4 heterocycles. The van der Waals surface area contributed by atoms with Crippen LogP contribution in [0.3, 0.4) is 0 Å². The van der Waals surface area contributed by atoms with E-state index in [1.54, 1.807) is 0 Å². The van der Waals surface area contributed by atoms with Crippen molar-refractivity contribution in [3.05, 3.63) is 197 Å². The molecule has 75 heavy (non-hydrogen) atoms. The SMILES string of the molecule is [C-]#[N+]c1cc(-n2c3ccc(C(C)(C)C)cc3c3cc(C(C)(C)C)ccc32)c(-n2c3ccc(C(C)(C)C)cc3c3cc(C(C)(C)C)ccc32)c2c1oc1c(-c3cc(-c4ccccc4)nc(-c4ccccc4)n3)cccc12. The van der Waals surface area contributed by atoms with E-state index in [4.69, 9.17) is 21.0 Å². The van der Waals surface area contributed by atoms with Gasteiger partial charge in [0.05, 0.1) is 51.4 Å². The van der Waals surface area contributed by atoms with Gasteiger partial charge in [-0.25, -0.2) is 14.8 Å². The molecule has 370 valence electrons. The molecule has 0 aliphatic carbocycles. The van der Waals surface area contributed by atoms with Crippen molar-refractivity contribution in [2.75, 3.05) is 0 Å². The van der Waals surface area contributed by atoms with E-state index in [2.05, 4.69) is 224 Å². The highest BCUT2D eigenvalue weighted by molar-refractivity contribution is 6.21. The fraction of sp³-hybridized carbons (Fsp3) is 0.232. The summed E-state index contributed by atoms with van der Waals surface area (Å²) in [6, 6.07) is 58.9. The van der Waals surface area contributed by atoms with Crippen LogP contribution in [0.1, 0.15) is 105 Å². The molecule has 0 bridgehead atoms. The summed E-state index contributed by atoms with van der Waals surface area (Å²) in [5.74, 6) is 0.620. The van der Waals surface area contributed by atoms with E-state index in [1.165, 1.54) is 43.8 Å². The van der Waals surface area contributed by atoms with E-state index in [0.29, 0.717) is 22.7 Å². The van der Waals surface area contributed by atoms with Crippen LogP contribution in [-0.4, -0.2) is 19.1 Å². The van der Waals surface area contributed by atoms with Crippen molar-refractivity contribution in [1.29, 1.82) is 0 Å². The van der Waals surface area contributed by atoms with Gasteiger partial charge < -0.3 is 13.6 Å². The largest absolute Gasteiger partial charge is 0.466 e. The van der Waals surface area contributed by atoms with Gasteiger partial charge in [0.1, 0.15) is 11.2 Å². The molecule has 0 aliphatic heterocycles. The van der Waals surface area contributed by atoms with Crippen LogP contribution in [0, 0.1) is 6.57 Å². The molecule has 6 nitrogen and oxygen atoms in total. The molecule has 0 saturated heterocycles. The lowest BCUT2D eigenvalue weighted by atomic mass is 9.85. The number of nitrogens with zero attached hydrogens (tertiary/aromatic N) is 5. The average molecular weight is 978 g/mol. The van der Waals surface area contributed by atoms with Gasteiger partial charge in [-0.15, -0.1) is 0 Å². The van der Waals surface area contributed by atoms with Gasteiger partial charge >= 0.3 is 0 Å². The molecular formula is C69H63N5O. The fourth-order valence-electron chi connectivity index (χ4n) is 11.1. The van der Waals surface area contributed by atoms with Gasteiger partial charge in [-0.2, -0.15) is 0 Å². The maximum absolute atomic E-state index is 9.01. The average Bonchev–Trinajstić information content (AvgIpc) is 4.09. The Balaban J connectivity index is 1.27. The number of para-hydroxylation sites is 1. The second kappa shape index (κ2) is 16.9. The lowest BCUT2D eigenvalue weighted by molar-refractivity contribution is 0.590. The Labute approximate surface area is 440 Å². The summed E-state index contributed by atoms with van der Waals surface area (Å²) in [5, 5.41) is 6.47. The molecule has 12 aromatic rings. The fourth-order valence-corrected chi connectivity index (χ4v) is 11.1. The van der Waals surface area contributed by atoms with Crippen molar-refractivity contribution in [3.63, 3.8) is 0 Å². The minimum Gasteiger partial charge on any atom is -0.466 e. The minimum absolute atomic E-state index is 0.0762. The minimum atomic E-state index is -0.0837. The topological polar surface area (TPSA) is 53.1 Å². The van der Waals surface area contributed by atoms with E-state index < -0.39 is 0 Å². The van der Waals surface area contributed by atoms with Crippen molar-refractivity contribution in [2.24, 2.45) is 0 Å². The molecule has 0 fully saturated rings. The van der Waals surface area contributed by atoms with Gasteiger partial charge in [-0.3, -0.25) is 0 Å². The van der Waals surface area contributed by atoms with Crippen molar-refractivity contribution in [2.45, 2.75) is 105 Å². The number of hydrogen-bond donors (Lipinski definition) is 0. The van der Waals surface area contributed by atoms with Gasteiger partial charge in [0.25, 0.3) is 0 Å². The summed E-state index contributed by atoms with van der Waals surface area (Å²) >= 11 is 0. The van der Waals surface area contributed by atoms with Gasteiger partial charge in [-0.1, -0.05) is 180 Å². The molecule has 4 aromatic heterocycles. The highest BCUT2D eigenvalue weighted by Crippen LogP contribution is 2.50. The van der Waals surface area contributed by atoms with Crippen LogP contribution >= 0.6 is 0 Å². The highest BCUT2D eigenvalue weighted by atomic mass is 16.3. The van der Waals surface area contributed by atoms with Crippen molar-refractivity contribution in [1.82, 2.24) is 19.1 Å². The summed E-state index contributed by atoms with van der Waals surface area (Å²) in [4.78, 5) is 14.8. The Morgan fingerprint density at radius 2 is 0.853 bits per heavy atom. The quantitative estimate of drug-likeness (QED) is 0.162. The Bertz CT molecular complexity index is 4120. The number of furan rings is 1. The van der Waals surface area contributed by atoms with Crippen LogP contribution < -0.4 is 0 Å². The van der Waals surface area contributed by atoms with Gasteiger partial charge in [0.15, 0.2) is 5.82 Å². The second-order valence-corrected chi connectivity index (χ2v) is 24.7. The van der Waals surface area contributed by atoms with Crippen molar-refractivity contribution >= 4 is 71.2 Å². The first-order valence-electron chi connectivity index (χ1n) is 26.3. The summed E-state index contributed by atoms with van der Waals surface area (Å²) in [6.07, 6.45) is 0. The van der Waals surface area contributed by atoms with Crippen LogP contribution in [0.4, 0.5) is 5.69 Å². The Morgan fingerprint density at radius 1 is 0.413 bits per heavy atom. The van der Waals surface area contributed by atoms with E-state index in [1.807, 2.05) is 36.4 Å². The second-order valence-electron chi connectivity index (χ2n) is 24.7. The number of rotatable bonds is 5. The number of hydrogen-bond acceptors (Lipinski definition) is 3. The highest BCUT2D eigenvalue weighted by Gasteiger charge is 2.30. The molecule has 0 saturated carbocycles. The number of fused-ring (bicyclic) bond motifs is 9. The Hall–Kier alpha value is -8.27. The monoisotopic (exact) mass is 978 g/mol. The molecule has 0 spiro atoms. The molecular weight excluding hydrogens is 915 g/mol. The lowest BCUT2D eigenvalue weighted by Crippen LogP contribution is -2.11. The zero-order valence-corrected chi connectivity index (χ0v) is 45.2. The van der Waals surface area contributed by atoms with Crippen LogP contribution in [0.2, 0.25) is 0 Å². The Morgan fingerprint density at radius 3 is 1.31 bits per heavy atom. The van der Waals surface area contributed by atoms with Gasteiger partial charge in [-0.05, 0) is 111 Å². The van der Waals surface area contributed by atoms with E-state index in [0.717, 1.165) is 72.3 Å². The van der Waals surface area contributed by atoms with Gasteiger partial charge in [0.2, 0.25) is 5.69 Å². The third kappa shape index (κ3) is 7.91. The number of benzene rings is 8. The molecule has 0 aliphatic rings. The Kier molecular flexibility index (Phi) is 10.7. The first kappa shape index (κ1) is 47.7. The lowest BCUT2D eigenvalue weighted by Gasteiger charge is -2.21. The molecule has 8 aromatic carbocycles. The molecule has 0 unspecified atom stereocenters. The standard InChI is InChI=1S/C69H63N5O/c1-66(2,3)43-27-31-56-49(35-43)50-36-44(67(4,5)6)28-32-57(50)73(56)60-40-55(70-13)64-61(62(60)74-58-33-29-45(68(7,8)9)37-51(58)52-38-46(69(10,11)12)30-34-59(52)74)48-26-20-25-47(63(48)75-64)54-39-53(41-21-16-14-17-22-41)71-65(72-54)42-23-18-15-19-24-42/h14-40H,1-12H3. The molecule has 6 heteroatoms. The third-order valence-corrected chi connectivity index (χ3v) is 15.4. The molecule has 0 amide bonds. The summed E-state index contributed by atoms with van der Waals surface area (Å²) in [6.45, 7) is 36.4. The maximum atomic E-state index is 9.01. The van der Waals surface area contributed by atoms with Crippen molar-refractivity contribution in [3.8, 4) is 45.3 Å². The molecule has 12 rings (SSSR count). The summed E-state index contributed by atoms with van der Waals surface area (Å²) in [5.41, 5.74) is 16.8. The van der Waals surface area contributed by atoms with E-state index in [-0.39, 0.29) is 21.7 Å². The molecule has 0 N–H and O–H groups in total. The zero-order chi connectivity index (χ0) is 52.5. The van der Waals surface area contributed by atoms with Crippen LogP contribution in [0.5, 0.6) is 0 Å². The predicted molar refractivity (Wildman–Crippen MR) is 315 cm³/mol.